The summed E-state index contributed by atoms with van der Waals surface area (Å²) in [5.41, 5.74) is 2.54. The lowest BCUT2D eigenvalue weighted by Gasteiger charge is -2.06. The highest BCUT2D eigenvalue weighted by molar-refractivity contribution is 7.90. The van der Waals surface area contributed by atoms with Gasteiger partial charge in [0.1, 0.15) is 4.90 Å². The zero-order valence-corrected chi connectivity index (χ0v) is 20.3. The first-order valence-corrected chi connectivity index (χ1v) is 12.9. The number of rotatable bonds is 7. The molecule has 0 amide bonds. The van der Waals surface area contributed by atoms with Gasteiger partial charge in [0.25, 0.3) is 0 Å². The topological polar surface area (TPSA) is 118 Å². The number of aryl methyl sites for hydroxylation is 1. The van der Waals surface area contributed by atoms with Crippen LogP contribution in [0.5, 0.6) is 0 Å². The van der Waals surface area contributed by atoms with E-state index in [2.05, 4.69) is 30.0 Å². The fourth-order valence-electron chi connectivity index (χ4n) is 3.55. The fraction of sp³-hybridized carbons (Fsp3) is 0.143. The Labute approximate surface area is 206 Å². The first kappa shape index (κ1) is 23.3. The number of anilines is 2. The average molecular weight is 536 g/mol. The largest absolute Gasteiger partial charge is 0.333 e. The van der Waals surface area contributed by atoms with Gasteiger partial charge in [0.05, 0.1) is 33.9 Å². The van der Waals surface area contributed by atoms with E-state index in [4.69, 9.17) is 11.6 Å². The lowest BCUT2D eigenvalue weighted by molar-refractivity contribution is 0.0561. The molecule has 0 saturated carbocycles. The maximum absolute atomic E-state index is 12.9. The number of alkyl halides is 2. The smallest absolute Gasteiger partial charge is 0.329 e. The van der Waals surface area contributed by atoms with E-state index in [0.29, 0.717) is 37.5 Å². The molecule has 2 N–H and O–H groups in total. The summed E-state index contributed by atoms with van der Waals surface area (Å²) >= 11 is 7.57. The summed E-state index contributed by atoms with van der Waals surface area (Å²) in [6, 6.07) is 10.4. The number of sulfone groups is 1. The Balaban J connectivity index is 1.37. The highest BCUT2D eigenvalue weighted by atomic mass is 35.5. The maximum Gasteiger partial charge on any atom is 0.333 e. The second-order valence-corrected chi connectivity index (χ2v) is 10.7. The predicted octanol–water partition coefficient (Wildman–Crippen LogP) is 5.35. The van der Waals surface area contributed by atoms with Gasteiger partial charge in [-0.15, -0.1) is 0 Å². The number of halogens is 3. The van der Waals surface area contributed by atoms with Gasteiger partial charge in [-0.25, -0.2) is 13.1 Å². The van der Waals surface area contributed by atoms with E-state index < -0.39 is 16.4 Å². The summed E-state index contributed by atoms with van der Waals surface area (Å²) in [6.07, 6.45) is 2.49. The summed E-state index contributed by atoms with van der Waals surface area (Å²) in [5.74, 6) is 0.0191. The van der Waals surface area contributed by atoms with Crippen LogP contribution >= 0.6 is 23.1 Å². The van der Waals surface area contributed by atoms with Crippen LogP contribution < -0.4 is 5.32 Å². The molecule has 0 aliphatic carbocycles. The first-order chi connectivity index (χ1) is 16.7. The highest BCUT2D eigenvalue weighted by Gasteiger charge is 2.23. The molecule has 180 valence electrons. The van der Waals surface area contributed by atoms with Crippen molar-refractivity contribution in [3.05, 3.63) is 65.1 Å². The molecule has 0 unspecified atom stereocenters. The molecule has 3 heterocycles. The molecule has 0 aliphatic heterocycles. The summed E-state index contributed by atoms with van der Waals surface area (Å²) < 4.78 is 56.2. The van der Waals surface area contributed by atoms with Crippen LogP contribution in [0.25, 0.3) is 22.3 Å². The van der Waals surface area contributed by atoms with Gasteiger partial charge in [0.2, 0.25) is 5.13 Å². The zero-order valence-electron chi connectivity index (χ0n) is 17.9. The second kappa shape index (κ2) is 8.98. The third kappa shape index (κ3) is 4.61. The summed E-state index contributed by atoms with van der Waals surface area (Å²) in [5, 5.41) is 15.3. The van der Waals surface area contributed by atoms with Gasteiger partial charge in [-0.05, 0) is 30.7 Å². The van der Waals surface area contributed by atoms with E-state index >= 15 is 0 Å². The van der Waals surface area contributed by atoms with E-state index in [1.807, 2.05) is 6.07 Å². The first-order valence-electron chi connectivity index (χ1n) is 10.1. The summed E-state index contributed by atoms with van der Waals surface area (Å²) in [4.78, 5) is 4.26. The van der Waals surface area contributed by atoms with Gasteiger partial charge in [-0.2, -0.15) is 28.3 Å². The second-order valence-electron chi connectivity index (χ2n) is 7.60. The molecule has 0 bridgehead atoms. The van der Waals surface area contributed by atoms with Crippen molar-refractivity contribution in [3.8, 4) is 11.4 Å². The van der Waals surface area contributed by atoms with Crippen LogP contribution in [0, 0.1) is 6.92 Å². The number of aromatic amines is 1. The Morgan fingerprint density at radius 2 is 2.09 bits per heavy atom. The monoisotopic (exact) mass is 535 g/mol. The van der Waals surface area contributed by atoms with Gasteiger partial charge in [-0.1, -0.05) is 29.8 Å². The number of nitrogens with one attached hydrogen (secondary N) is 2. The van der Waals surface area contributed by atoms with Crippen molar-refractivity contribution >= 4 is 54.7 Å². The van der Waals surface area contributed by atoms with E-state index in [-0.39, 0.29) is 16.3 Å². The van der Waals surface area contributed by atoms with Crippen molar-refractivity contribution in [1.82, 2.24) is 29.3 Å². The van der Waals surface area contributed by atoms with Crippen molar-refractivity contribution in [1.29, 1.82) is 0 Å². The van der Waals surface area contributed by atoms with Crippen molar-refractivity contribution in [2.24, 2.45) is 0 Å². The van der Waals surface area contributed by atoms with Crippen molar-refractivity contribution in [3.63, 3.8) is 0 Å². The molecule has 5 aromatic rings. The lowest BCUT2D eigenvalue weighted by atomic mass is 10.1. The molecule has 0 saturated heterocycles. The number of hydrogen-bond acceptors (Lipinski definition) is 8. The highest BCUT2D eigenvalue weighted by Crippen LogP contribution is 2.33. The molecular weight excluding hydrogens is 520 g/mol. The molecule has 35 heavy (non-hydrogen) atoms. The van der Waals surface area contributed by atoms with Gasteiger partial charge in [-0.3, -0.25) is 5.10 Å². The van der Waals surface area contributed by atoms with Gasteiger partial charge in [0, 0.05) is 28.7 Å². The molecule has 9 nitrogen and oxygen atoms in total. The third-order valence-electron chi connectivity index (χ3n) is 5.17. The lowest BCUT2D eigenvalue weighted by Crippen LogP contribution is -2.06. The molecule has 5 rings (SSSR count). The standard InChI is InChI=1S/C21H16ClF2N7O2S2/c1-11-17(9-31(29-11)20(23)24)35(32,33)10-12-3-2-4-13(7-12)19-27-21(34-30-19)26-16-6-5-15-14(18(16)22)8-25-28-15/h2-9,20H,10H2,1H3,(H,25,28)(H,26,27,30). The molecule has 14 heteroatoms. The van der Waals surface area contributed by atoms with Gasteiger partial charge in [0.15, 0.2) is 15.7 Å². The number of benzene rings is 2. The van der Waals surface area contributed by atoms with E-state index in [1.165, 1.54) is 6.92 Å². The van der Waals surface area contributed by atoms with E-state index in [9.17, 15) is 17.2 Å². The van der Waals surface area contributed by atoms with Crippen LogP contribution in [0.15, 0.2) is 53.7 Å². The molecule has 0 fully saturated rings. The number of fused-ring (bicyclic) bond motifs is 1. The van der Waals surface area contributed by atoms with Crippen LogP contribution in [-0.2, 0) is 15.6 Å². The molecule has 0 atom stereocenters. The third-order valence-corrected chi connectivity index (χ3v) is 8.00. The fourth-order valence-corrected chi connectivity index (χ4v) is 5.95. The summed E-state index contributed by atoms with van der Waals surface area (Å²) in [7, 11) is -3.90. The minimum atomic E-state index is -3.90. The molecule has 0 spiro atoms. The van der Waals surface area contributed by atoms with Crippen LogP contribution in [0.2, 0.25) is 5.02 Å². The van der Waals surface area contributed by atoms with E-state index in [1.54, 1.807) is 36.5 Å². The predicted molar refractivity (Wildman–Crippen MR) is 129 cm³/mol. The van der Waals surface area contributed by atoms with Crippen LogP contribution in [-0.4, -0.2) is 37.8 Å². The van der Waals surface area contributed by atoms with Crippen LogP contribution in [0.4, 0.5) is 19.6 Å². The number of aromatic nitrogens is 6. The van der Waals surface area contributed by atoms with Gasteiger partial charge < -0.3 is 5.32 Å². The summed E-state index contributed by atoms with van der Waals surface area (Å²) in [6.45, 7) is -1.54. The quantitative estimate of drug-likeness (QED) is 0.288. The average Bonchev–Trinajstić information content (AvgIpc) is 3.55. The Kier molecular flexibility index (Phi) is 5.99. The molecule has 2 aromatic carbocycles. The minimum absolute atomic E-state index is 0.0191. The van der Waals surface area contributed by atoms with Crippen molar-refractivity contribution < 1.29 is 17.2 Å². The molecule has 0 aliphatic rings. The van der Waals surface area contributed by atoms with Gasteiger partial charge >= 0.3 is 6.55 Å². The Morgan fingerprint density at radius 3 is 2.86 bits per heavy atom. The zero-order chi connectivity index (χ0) is 24.7. The molecular formula is C21H16ClF2N7O2S2. The molecule has 3 aromatic heterocycles. The molecule has 0 radical (unpaired) electrons. The Morgan fingerprint density at radius 1 is 1.26 bits per heavy atom. The Hall–Kier alpha value is -3.42. The van der Waals surface area contributed by atoms with Crippen LogP contribution in [0.1, 0.15) is 17.8 Å². The van der Waals surface area contributed by atoms with E-state index in [0.717, 1.165) is 28.6 Å². The number of H-pyrrole nitrogens is 1. The van der Waals surface area contributed by atoms with Crippen LogP contribution in [0.3, 0.4) is 0 Å². The number of hydrogen-bond donors (Lipinski definition) is 2. The maximum atomic E-state index is 12.9. The Bertz CT molecular complexity index is 1650. The van der Waals surface area contributed by atoms with Crippen molar-refractivity contribution in [2.45, 2.75) is 24.1 Å². The minimum Gasteiger partial charge on any atom is -0.329 e. The number of nitrogens with zero attached hydrogens (tertiary/aromatic N) is 5. The normalized spacial score (nSPS) is 12.0. The van der Waals surface area contributed by atoms with Crippen molar-refractivity contribution in [2.75, 3.05) is 5.32 Å². The SMILES string of the molecule is Cc1nn(C(F)F)cc1S(=O)(=O)Cc1cccc(-c2nsc(Nc3ccc4[nH]ncc4c3Cl)n2)c1.